The smallest absolute Gasteiger partial charge is 0.262 e. The first kappa shape index (κ1) is 16.9. The first-order chi connectivity index (χ1) is 12.6. The van der Waals surface area contributed by atoms with Crippen molar-refractivity contribution in [2.45, 2.75) is 32.9 Å². The molecule has 4 rings (SSSR count). The Morgan fingerprint density at radius 1 is 1.38 bits per heavy atom. The summed E-state index contributed by atoms with van der Waals surface area (Å²) < 4.78 is 10.5. The first-order valence-electron chi connectivity index (χ1n) is 8.40. The normalized spacial score (nSPS) is 16.9. The number of nitrogens with one attached hydrogen (secondary N) is 2. The Balaban J connectivity index is 1.57. The Morgan fingerprint density at radius 2 is 2.27 bits per heavy atom. The lowest BCUT2D eigenvalue weighted by atomic mass is 10.2. The Bertz CT molecular complexity index is 945. The van der Waals surface area contributed by atoms with Gasteiger partial charge in [-0.2, -0.15) is 0 Å². The molecule has 1 unspecified atom stereocenters. The van der Waals surface area contributed by atoms with Gasteiger partial charge in [0.05, 0.1) is 35.2 Å². The van der Waals surface area contributed by atoms with Crippen molar-refractivity contribution in [2.24, 2.45) is 0 Å². The standard InChI is InChI=1S/C17H19N5O3S/c1-9-5-12(25-22-9)6-18-16(23)14-10(2)13-15(19-8-20-17(13)26-14)21-11-3-4-24-7-11/h5,8,11H,3-4,6-7H2,1-2H3,(H,18,23)(H,19,20,21). The zero-order chi connectivity index (χ0) is 18.1. The Morgan fingerprint density at radius 3 is 3.00 bits per heavy atom. The van der Waals surface area contributed by atoms with Crippen LogP contribution in [0.15, 0.2) is 16.9 Å². The molecule has 0 spiro atoms. The molecule has 9 heteroatoms. The van der Waals surface area contributed by atoms with Crippen LogP contribution in [0.2, 0.25) is 0 Å². The van der Waals surface area contributed by atoms with Gasteiger partial charge in [-0.15, -0.1) is 11.3 Å². The molecule has 1 aliphatic rings. The minimum atomic E-state index is -0.158. The van der Waals surface area contributed by atoms with Crippen LogP contribution >= 0.6 is 11.3 Å². The molecule has 0 aromatic carbocycles. The Labute approximate surface area is 154 Å². The lowest BCUT2D eigenvalue weighted by molar-refractivity contribution is 0.0950. The second-order valence-electron chi connectivity index (χ2n) is 6.28. The number of carbonyl (C=O) groups excluding carboxylic acids is 1. The molecule has 3 aromatic rings. The van der Waals surface area contributed by atoms with Crippen molar-refractivity contribution < 1.29 is 14.1 Å². The van der Waals surface area contributed by atoms with Crippen LogP contribution in [0, 0.1) is 13.8 Å². The summed E-state index contributed by atoms with van der Waals surface area (Å²) in [7, 11) is 0. The van der Waals surface area contributed by atoms with Crippen molar-refractivity contribution in [3.8, 4) is 0 Å². The highest BCUT2D eigenvalue weighted by Crippen LogP contribution is 2.33. The SMILES string of the molecule is Cc1cc(CNC(=O)c2sc3ncnc(NC4CCOC4)c3c2C)on1. The van der Waals surface area contributed by atoms with E-state index in [0.717, 1.165) is 40.3 Å². The molecular formula is C17H19N5O3S. The van der Waals surface area contributed by atoms with E-state index < -0.39 is 0 Å². The van der Waals surface area contributed by atoms with Crippen molar-refractivity contribution in [1.82, 2.24) is 20.4 Å². The number of thiophene rings is 1. The van der Waals surface area contributed by atoms with Crippen molar-refractivity contribution in [2.75, 3.05) is 18.5 Å². The van der Waals surface area contributed by atoms with Crippen LogP contribution < -0.4 is 10.6 Å². The number of hydrogen-bond acceptors (Lipinski definition) is 8. The summed E-state index contributed by atoms with van der Waals surface area (Å²) in [6, 6.07) is 2.04. The average Bonchev–Trinajstić information content (AvgIpc) is 3.35. The van der Waals surface area contributed by atoms with Gasteiger partial charge >= 0.3 is 0 Å². The van der Waals surface area contributed by atoms with Crippen molar-refractivity contribution in [3.05, 3.63) is 34.3 Å². The van der Waals surface area contributed by atoms with Crippen LogP contribution in [0.5, 0.6) is 0 Å². The van der Waals surface area contributed by atoms with Gasteiger partial charge in [0, 0.05) is 12.7 Å². The van der Waals surface area contributed by atoms with Gasteiger partial charge in [-0.05, 0) is 25.8 Å². The van der Waals surface area contributed by atoms with E-state index in [4.69, 9.17) is 9.26 Å². The number of fused-ring (bicyclic) bond motifs is 1. The van der Waals surface area contributed by atoms with Crippen LogP contribution in [0.25, 0.3) is 10.2 Å². The lowest BCUT2D eigenvalue weighted by Crippen LogP contribution is -2.22. The van der Waals surface area contributed by atoms with Gasteiger partial charge < -0.3 is 19.9 Å². The summed E-state index contributed by atoms with van der Waals surface area (Å²) in [6.07, 6.45) is 2.47. The second-order valence-corrected chi connectivity index (χ2v) is 7.28. The Hall–Kier alpha value is -2.52. The summed E-state index contributed by atoms with van der Waals surface area (Å²) in [5, 5.41) is 11.0. The Kier molecular flexibility index (Phi) is 4.56. The summed E-state index contributed by atoms with van der Waals surface area (Å²) in [5.41, 5.74) is 1.66. The van der Waals surface area contributed by atoms with Crippen LogP contribution in [-0.4, -0.2) is 40.3 Å². The number of rotatable bonds is 5. The molecule has 0 radical (unpaired) electrons. The fourth-order valence-corrected chi connectivity index (χ4v) is 4.05. The van der Waals surface area contributed by atoms with Gasteiger partial charge in [0.15, 0.2) is 5.76 Å². The number of anilines is 1. The minimum Gasteiger partial charge on any atom is -0.379 e. The van der Waals surface area contributed by atoms with Crippen molar-refractivity contribution in [3.63, 3.8) is 0 Å². The maximum atomic E-state index is 12.6. The van der Waals surface area contributed by atoms with Gasteiger partial charge in [0.2, 0.25) is 0 Å². The van der Waals surface area contributed by atoms with Crippen LogP contribution in [0.3, 0.4) is 0 Å². The molecule has 1 atom stereocenters. The molecule has 1 saturated heterocycles. The highest BCUT2D eigenvalue weighted by Gasteiger charge is 2.22. The zero-order valence-electron chi connectivity index (χ0n) is 14.5. The van der Waals surface area contributed by atoms with Crippen molar-refractivity contribution in [1.29, 1.82) is 0 Å². The predicted molar refractivity (Wildman–Crippen MR) is 97.4 cm³/mol. The van der Waals surface area contributed by atoms with E-state index in [0.29, 0.717) is 23.8 Å². The molecule has 2 N–H and O–H groups in total. The summed E-state index contributed by atoms with van der Waals surface area (Å²) >= 11 is 1.36. The maximum Gasteiger partial charge on any atom is 0.262 e. The number of aromatic nitrogens is 3. The van der Waals surface area contributed by atoms with Gasteiger partial charge in [-0.1, -0.05) is 5.16 Å². The lowest BCUT2D eigenvalue weighted by Gasteiger charge is -2.12. The van der Waals surface area contributed by atoms with E-state index >= 15 is 0 Å². The maximum absolute atomic E-state index is 12.6. The van der Waals surface area contributed by atoms with E-state index in [1.165, 1.54) is 17.7 Å². The van der Waals surface area contributed by atoms with Crippen LogP contribution in [0.1, 0.15) is 33.1 Å². The third-order valence-electron chi connectivity index (χ3n) is 4.30. The molecule has 0 bridgehead atoms. The quantitative estimate of drug-likeness (QED) is 0.708. The topological polar surface area (TPSA) is 102 Å². The molecule has 3 aromatic heterocycles. The van der Waals surface area contributed by atoms with E-state index in [9.17, 15) is 4.79 Å². The highest BCUT2D eigenvalue weighted by molar-refractivity contribution is 7.20. The number of aryl methyl sites for hydroxylation is 2. The molecule has 1 aliphatic heterocycles. The van der Waals surface area contributed by atoms with Gasteiger partial charge in [0.1, 0.15) is 17.0 Å². The summed E-state index contributed by atoms with van der Waals surface area (Å²) in [5.74, 6) is 1.22. The number of hydrogen-bond donors (Lipinski definition) is 2. The molecule has 0 aliphatic carbocycles. The third kappa shape index (κ3) is 3.27. The zero-order valence-corrected chi connectivity index (χ0v) is 15.4. The monoisotopic (exact) mass is 373 g/mol. The largest absolute Gasteiger partial charge is 0.379 e. The van der Waals surface area contributed by atoms with Crippen LogP contribution in [-0.2, 0) is 11.3 Å². The molecule has 1 amide bonds. The van der Waals surface area contributed by atoms with E-state index in [-0.39, 0.29) is 11.9 Å². The minimum absolute atomic E-state index is 0.158. The number of ether oxygens (including phenoxy) is 1. The highest BCUT2D eigenvalue weighted by atomic mass is 32.1. The predicted octanol–water partition coefficient (Wildman–Crippen LogP) is 2.43. The van der Waals surface area contributed by atoms with Gasteiger partial charge in [0.25, 0.3) is 5.91 Å². The fraction of sp³-hybridized carbons (Fsp3) is 0.412. The molecule has 136 valence electrons. The fourth-order valence-electron chi connectivity index (χ4n) is 2.99. The van der Waals surface area contributed by atoms with E-state index in [1.54, 1.807) is 6.07 Å². The summed E-state index contributed by atoms with van der Waals surface area (Å²) in [6.45, 7) is 5.48. The van der Waals surface area contributed by atoms with Crippen molar-refractivity contribution >= 4 is 33.3 Å². The average molecular weight is 373 g/mol. The molecule has 8 nitrogen and oxygen atoms in total. The van der Waals surface area contributed by atoms with E-state index in [1.807, 2.05) is 13.8 Å². The van der Waals surface area contributed by atoms with Gasteiger partial charge in [-0.3, -0.25) is 4.79 Å². The molecular weight excluding hydrogens is 354 g/mol. The van der Waals surface area contributed by atoms with Gasteiger partial charge in [-0.25, -0.2) is 9.97 Å². The first-order valence-corrected chi connectivity index (χ1v) is 9.22. The number of amides is 1. The van der Waals surface area contributed by atoms with E-state index in [2.05, 4.69) is 25.8 Å². The molecule has 26 heavy (non-hydrogen) atoms. The molecule has 1 fully saturated rings. The third-order valence-corrected chi connectivity index (χ3v) is 5.50. The second kappa shape index (κ2) is 7.00. The molecule has 0 saturated carbocycles. The number of carbonyl (C=O) groups is 1. The van der Waals surface area contributed by atoms with Crippen LogP contribution in [0.4, 0.5) is 5.82 Å². The number of nitrogens with zero attached hydrogens (tertiary/aromatic N) is 3. The molecule has 4 heterocycles. The summed E-state index contributed by atoms with van der Waals surface area (Å²) in [4.78, 5) is 22.7.